The monoisotopic (exact) mass is 426 g/mol. The largest absolute Gasteiger partial charge is 0.297 e. The number of hydrogen-bond acceptors (Lipinski definition) is 5. The van der Waals surface area contributed by atoms with Crippen LogP contribution >= 0.6 is 11.3 Å². The van der Waals surface area contributed by atoms with E-state index in [0.29, 0.717) is 11.4 Å². The third-order valence-electron chi connectivity index (χ3n) is 5.87. The molecule has 2 N–H and O–H groups in total. The Bertz CT molecular complexity index is 836. The summed E-state index contributed by atoms with van der Waals surface area (Å²) in [5, 5.41) is 0. The highest BCUT2D eigenvalue weighted by Crippen LogP contribution is 2.28. The first-order valence-corrected chi connectivity index (χ1v) is 11.7. The second-order valence-electron chi connectivity index (χ2n) is 8.16. The van der Waals surface area contributed by atoms with E-state index in [4.69, 9.17) is 0 Å². The molecule has 6 nitrogen and oxygen atoms in total. The molecule has 1 aliphatic heterocycles. The fraction of sp³-hybridized carbons (Fsp3) is 0.478. The van der Waals surface area contributed by atoms with Crippen LogP contribution in [0.1, 0.15) is 44.9 Å². The average molecular weight is 427 g/mol. The number of aryl methyl sites for hydroxylation is 2. The number of nitrogens with zero attached hydrogens (tertiary/aromatic N) is 2. The minimum Gasteiger partial charge on any atom is -0.297 e. The van der Waals surface area contributed by atoms with Gasteiger partial charge in [0.1, 0.15) is 0 Å². The van der Waals surface area contributed by atoms with E-state index in [2.05, 4.69) is 44.9 Å². The van der Waals surface area contributed by atoms with Gasteiger partial charge in [0.25, 0.3) is 11.8 Å². The van der Waals surface area contributed by atoms with Crippen LogP contribution in [0.2, 0.25) is 0 Å². The lowest BCUT2D eigenvalue weighted by Gasteiger charge is -2.34. The molecule has 30 heavy (non-hydrogen) atoms. The van der Waals surface area contributed by atoms with Crippen molar-refractivity contribution in [3.8, 4) is 0 Å². The zero-order valence-corrected chi connectivity index (χ0v) is 18.2. The van der Waals surface area contributed by atoms with Crippen molar-refractivity contribution >= 4 is 23.2 Å². The molecule has 7 heteroatoms. The SMILES string of the molecule is O=C(CN1CCN(Cc2ccccc2)CC1)NNC(=O)c1cc2c(s1)CCCCC2. The van der Waals surface area contributed by atoms with Crippen LogP contribution in [0, 0.1) is 0 Å². The van der Waals surface area contributed by atoms with Gasteiger partial charge in [0.05, 0.1) is 11.4 Å². The average Bonchev–Trinajstić information content (AvgIpc) is 3.05. The highest BCUT2D eigenvalue weighted by atomic mass is 32.1. The van der Waals surface area contributed by atoms with Crippen molar-refractivity contribution in [2.24, 2.45) is 0 Å². The van der Waals surface area contributed by atoms with Crippen molar-refractivity contribution in [3.63, 3.8) is 0 Å². The highest BCUT2D eigenvalue weighted by Gasteiger charge is 2.20. The number of piperazine rings is 1. The number of fused-ring (bicyclic) bond motifs is 1. The first-order chi connectivity index (χ1) is 14.7. The molecule has 0 radical (unpaired) electrons. The molecule has 0 atom stereocenters. The van der Waals surface area contributed by atoms with Crippen LogP contribution in [-0.4, -0.2) is 54.3 Å². The first-order valence-electron chi connectivity index (χ1n) is 10.9. The molecule has 0 unspecified atom stereocenters. The van der Waals surface area contributed by atoms with Crippen molar-refractivity contribution in [2.75, 3.05) is 32.7 Å². The van der Waals surface area contributed by atoms with Crippen molar-refractivity contribution < 1.29 is 9.59 Å². The Balaban J connectivity index is 1.18. The quantitative estimate of drug-likeness (QED) is 0.570. The lowest BCUT2D eigenvalue weighted by atomic mass is 10.1. The van der Waals surface area contributed by atoms with Crippen molar-refractivity contribution in [1.29, 1.82) is 0 Å². The van der Waals surface area contributed by atoms with Gasteiger partial charge in [0.2, 0.25) is 0 Å². The van der Waals surface area contributed by atoms with Gasteiger partial charge in [0.15, 0.2) is 0 Å². The third kappa shape index (κ3) is 5.68. The Morgan fingerprint density at radius 3 is 2.43 bits per heavy atom. The smallest absolute Gasteiger partial charge is 0.279 e. The van der Waals surface area contributed by atoms with Crippen LogP contribution in [-0.2, 0) is 24.2 Å². The second kappa shape index (κ2) is 10.2. The van der Waals surface area contributed by atoms with Crippen molar-refractivity contribution in [3.05, 3.63) is 57.3 Å². The number of rotatable bonds is 5. The number of thiophene rings is 1. The Morgan fingerprint density at radius 2 is 1.63 bits per heavy atom. The number of hydrazine groups is 1. The predicted molar refractivity (Wildman–Crippen MR) is 119 cm³/mol. The summed E-state index contributed by atoms with van der Waals surface area (Å²) in [5.74, 6) is -0.382. The van der Waals surface area contributed by atoms with E-state index in [1.54, 1.807) is 11.3 Å². The molecule has 0 bridgehead atoms. The summed E-state index contributed by atoms with van der Waals surface area (Å²) in [4.78, 5) is 31.3. The highest BCUT2D eigenvalue weighted by molar-refractivity contribution is 7.14. The molecule has 0 saturated carbocycles. The molecular formula is C23H30N4O2S. The van der Waals surface area contributed by atoms with Crippen LogP contribution in [0.25, 0.3) is 0 Å². The fourth-order valence-corrected chi connectivity index (χ4v) is 5.31. The standard InChI is InChI=1S/C23H30N4O2S/c28-22(17-27-13-11-26(12-14-27)16-18-7-3-1-4-8-18)24-25-23(29)21-15-19-9-5-2-6-10-20(19)30-21/h1,3-4,7-8,15H,2,5-6,9-14,16-17H2,(H,24,28)(H,25,29). The zero-order valence-electron chi connectivity index (χ0n) is 17.4. The number of hydrogen-bond donors (Lipinski definition) is 2. The lowest BCUT2D eigenvalue weighted by molar-refractivity contribution is -0.123. The summed E-state index contributed by atoms with van der Waals surface area (Å²) < 4.78 is 0. The zero-order chi connectivity index (χ0) is 20.8. The van der Waals surface area contributed by atoms with Gasteiger partial charge in [-0.3, -0.25) is 30.2 Å². The van der Waals surface area contributed by atoms with E-state index in [1.807, 2.05) is 12.1 Å². The Morgan fingerprint density at radius 1 is 0.900 bits per heavy atom. The summed E-state index contributed by atoms with van der Waals surface area (Å²) in [6, 6.07) is 12.5. The second-order valence-corrected chi connectivity index (χ2v) is 9.30. The van der Waals surface area contributed by atoms with Crippen LogP contribution in [0.5, 0.6) is 0 Å². The van der Waals surface area contributed by atoms with Crippen LogP contribution < -0.4 is 10.9 Å². The van der Waals surface area contributed by atoms with Gasteiger partial charge in [-0.1, -0.05) is 36.8 Å². The Labute approximate surface area is 182 Å². The minimum absolute atomic E-state index is 0.169. The molecule has 1 aromatic heterocycles. The predicted octanol–water partition coefficient (Wildman–Crippen LogP) is 2.60. The normalized spacial score (nSPS) is 17.7. The topological polar surface area (TPSA) is 64.7 Å². The molecular weight excluding hydrogens is 396 g/mol. The number of carbonyl (C=O) groups excluding carboxylic acids is 2. The molecule has 0 spiro atoms. The maximum atomic E-state index is 12.4. The van der Waals surface area contributed by atoms with Gasteiger partial charge in [-0.2, -0.15) is 0 Å². The van der Waals surface area contributed by atoms with E-state index in [1.165, 1.54) is 35.3 Å². The third-order valence-corrected chi connectivity index (χ3v) is 7.10. The number of benzene rings is 1. The van der Waals surface area contributed by atoms with Crippen LogP contribution in [0.3, 0.4) is 0 Å². The molecule has 4 rings (SSSR count). The van der Waals surface area contributed by atoms with Crippen LogP contribution in [0.15, 0.2) is 36.4 Å². The molecule has 2 aromatic rings. The van der Waals surface area contributed by atoms with Gasteiger partial charge in [-0.05, 0) is 42.9 Å². The van der Waals surface area contributed by atoms with E-state index >= 15 is 0 Å². The fourth-order valence-electron chi connectivity index (χ4n) is 4.16. The number of amides is 2. The lowest BCUT2D eigenvalue weighted by Crippen LogP contribution is -2.51. The molecule has 2 amide bonds. The Hall–Kier alpha value is -2.22. The van der Waals surface area contributed by atoms with Gasteiger partial charge in [-0.25, -0.2) is 0 Å². The first kappa shape index (κ1) is 21.0. The van der Waals surface area contributed by atoms with Gasteiger partial charge < -0.3 is 0 Å². The van der Waals surface area contributed by atoms with Crippen molar-refractivity contribution in [1.82, 2.24) is 20.7 Å². The van der Waals surface area contributed by atoms with E-state index in [-0.39, 0.29) is 11.8 Å². The minimum atomic E-state index is -0.214. The molecule has 2 aliphatic rings. The summed E-state index contributed by atoms with van der Waals surface area (Å²) >= 11 is 1.57. The summed E-state index contributed by atoms with van der Waals surface area (Å²) in [5.41, 5.74) is 7.80. The van der Waals surface area contributed by atoms with Gasteiger partial charge in [0, 0.05) is 37.6 Å². The maximum Gasteiger partial charge on any atom is 0.279 e. The summed E-state index contributed by atoms with van der Waals surface area (Å²) in [6.45, 7) is 4.84. The molecule has 1 aromatic carbocycles. The van der Waals surface area contributed by atoms with E-state index in [0.717, 1.165) is 45.6 Å². The van der Waals surface area contributed by atoms with Gasteiger partial charge >= 0.3 is 0 Å². The van der Waals surface area contributed by atoms with Gasteiger partial charge in [-0.15, -0.1) is 11.3 Å². The maximum absolute atomic E-state index is 12.4. The Kier molecular flexibility index (Phi) is 7.15. The van der Waals surface area contributed by atoms with Crippen molar-refractivity contribution in [2.45, 2.75) is 38.6 Å². The number of nitrogens with one attached hydrogen (secondary N) is 2. The summed E-state index contributed by atoms with van der Waals surface area (Å²) in [7, 11) is 0. The molecule has 1 fully saturated rings. The van der Waals surface area contributed by atoms with E-state index in [9.17, 15) is 9.59 Å². The molecule has 2 heterocycles. The molecule has 1 saturated heterocycles. The van der Waals surface area contributed by atoms with Crippen LogP contribution in [0.4, 0.5) is 0 Å². The molecule has 160 valence electrons. The van der Waals surface area contributed by atoms with E-state index < -0.39 is 0 Å². The summed E-state index contributed by atoms with van der Waals surface area (Å²) in [6.07, 6.45) is 5.78. The number of carbonyl (C=O) groups is 2. The molecule has 1 aliphatic carbocycles.